The van der Waals surface area contributed by atoms with E-state index in [4.69, 9.17) is 4.74 Å². The molecule has 0 aliphatic carbocycles. The standard InChI is InChI=1S/C25H29BrN8O/c1-33(2)18-8-10-34(11-9-18)19-5-7-22(23(13-19)35-3)30-25-27-15-20(26)24(31-25)29-17-4-6-21-16(12-17)14-28-32-21/h4-7,12-15,18H,8-11H2,1-3H3,(H,28,32)(H2,27,29,30,31). The van der Waals surface area contributed by atoms with E-state index in [1.165, 1.54) is 5.69 Å². The molecule has 2 aromatic heterocycles. The molecular formula is C25H29BrN8O. The van der Waals surface area contributed by atoms with Crippen LogP contribution in [0, 0.1) is 0 Å². The number of fused-ring (bicyclic) bond motifs is 1. The normalized spacial score (nSPS) is 14.5. The van der Waals surface area contributed by atoms with Gasteiger partial charge in [0, 0.05) is 48.2 Å². The summed E-state index contributed by atoms with van der Waals surface area (Å²) >= 11 is 3.54. The summed E-state index contributed by atoms with van der Waals surface area (Å²) < 4.78 is 6.47. The first-order chi connectivity index (χ1) is 17.0. The van der Waals surface area contributed by atoms with Crippen LogP contribution >= 0.6 is 15.9 Å². The van der Waals surface area contributed by atoms with Crippen molar-refractivity contribution in [2.24, 2.45) is 0 Å². The molecule has 0 bridgehead atoms. The van der Waals surface area contributed by atoms with Crippen LogP contribution in [0.15, 0.2) is 53.3 Å². The number of hydrogen-bond acceptors (Lipinski definition) is 8. The maximum Gasteiger partial charge on any atom is 0.229 e. The molecule has 1 saturated heterocycles. The minimum atomic E-state index is 0.470. The number of piperidine rings is 1. The van der Waals surface area contributed by atoms with Crippen molar-refractivity contribution in [3.63, 3.8) is 0 Å². The second-order valence-electron chi connectivity index (χ2n) is 8.88. The summed E-state index contributed by atoms with van der Waals surface area (Å²) in [7, 11) is 6.00. The number of hydrogen-bond donors (Lipinski definition) is 3. The van der Waals surface area contributed by atoms with Crippen LogP contribution in [0.3, 0.4) is 0 Å². The smallest absolute Gasteiger partial charge is 0.229 e. The van der Waals surface area contributed by atoms with Crippen molar-refractivity contribution in [2.45, 2.75) is 18.9 Å². The number of nitrogens with one attached hydrogen (secondary N) is 3. The first-order valence-corrected chi connectivity index (χ1v) is 12.4. The van der Waals surface area contributed by atoms with Gasteiger partial charge in [0.1, 0.15) is 11.6 Å². The van der Waals surface area contributed by atoms with Crippen molar-refractivity contribution in [3.05, 3.63) is 53.3 Å². The van der Waals surface area contributed by atoms with Crippen LogP contribution in [0.1, 0.15) is 12.8 Å². The van der Waals surface area contributed by atoms with Gasteiger partial charge in [-0.05, 0) is 73.2 Å². The predicted octanol–water partition coefficient (Wildman–Crippen LogP) is 5.14. The molecule has 1 fully saturated rings. The highest BCUT2D eigenvalue weighted by Gasteiger charge is 2.21. The maximum atomic E-state index is 5.70. The summed E-state index contributed by atoms with van der Waals surface area (Å²) in [6, 6.07) is 12.9. The van der Waals surface area contributed by atoms with E-state index in [0.717, 1.165) is 58.4 Å². The highest BCUT2D eigenvalue weighted by atomic mass is 79.9. The summed E-state index contributed by atoms with van der Waals surface area (Å²) in [5, 5.41) is 14.7. The first-order valence-electron chi connectivity index (χ1n) is 11.6. The highest BCUT2D eigenvalue weighted by Crippen LogP contribution is 2.34. The van der Waals surface area contributed by atoms with Crippen LogP contribution in [0.5, 0.6) is 5.75 Å². The van der Waals surface area contributed by atoms with E-state index in [0.29, 0.717) is 17.8 Å². The second kappa shape index (κ2) is 10.1. The van der Waals surface area contributed by atoms with Crippen molar-refractivity contribution < 1.29 is 4.74 Å². The average molecular weight is 537 g/mol. The molecule has 2 aromatic carbocycles. The summed E-state index contributed by atoms with van der Waals surface area (Å²) in [5.41, 5.74) is 3.87. The minimum Gasteiger partial charge on any atom is -0.494 e. The van der Waals surface area contributed by atoms with Gasteiger partial charge in [0.05, 0.1) is 29.0 Å². The van der Waals surface area contributed by atoms with Gasteiger partial charge in [-0.25, -0.2) is 4.98 Å². The fourth-order valence-electron chi connectivity index (χ4n) is 4.41. The molecule has 182 valence electrons. The summed E-state index contributed by atoms with van der Waals surface area (Å²) in [6.07, 6.45) is 5.84. The van der Waals surface area contributed by atoms with Gasteiger partial charge in [-0.3, -0.25) is 5.10 Å². The third-order valence-corrected chi connectivity index (χ3v) is 7.02. The van der Waals surface area contributed by atoms with Gasteiger partial charge < -0.3 is 25.2 Å². The lowest BCUT2D eigenvalue weighted by Gasteiger charge is -2.36. The zero-order valence-electron chi connectivity index (χ0n) is 20.0. The number of H-pyrrole nitrogens is 1. The lowest BCUT2D eigenvalue weighted by atomic mass is 10.0. The topological polar surface area (TPSA) is 94.2 Å². The van der Waals surface area contributed by atoms with E-state index < -0.39 is 0 Å². The van der Waals surface area contributed by atoms with Gasteiger partial charge in [-0.1, -0.05) is 0 Å². The third kappa shape index (κ3) is 5.18. The molecular weight excluding hydrogens is 508 g/mol. The molecule has 0 amide bonds. The van der Waals surface area contributed by atoms with Crippen molar-refractivity contribution >= 4 is 55.7 Å². The van der Waals surface area contributed by atoms with E-state index in [9.17, 15) is 0 Å². The average Bonchev–Trinajstić information content (AvgIpc) is 3.34. The summed E-state index contributed by atoms with van der Waals surface area (Å²) in [6.45, 7) is 2.07. The molecule has 35 heavy (non-hydrogen) atoms. The Kier molecular flexibility index (Phi) is 6.74. The number of anilines is 5. The summed E-state index contributed by atoms with van der Waals surface area (Å²) in [4.78, 5) is 13.8. The number of methoxy groups -OCH3 is 1. The molecule has 0 unspecified atom stereocenters. The van der Waals surface area contributed by atoms with Gasteiger partial charge in [-0.15, -0.1) is 0 Å². The number of benzene rings is 2. The van der Waals surface area contributed by atoms with Crippen molar-refractivity contribution in [1.82, 2.24) is 25.1 Å². The van der Waals surface area contributed by atoms with Crippen LogP contribution in [0.25, 0.3) is 10.9 Å². The molecule has 9 nitrogen and oxygen atoms in total. The lowest BCUT2D eigenvalue weighted by Crippen LogP contribution is -2.41. The van der Waals surface area contributed by atoms with E-state index in [1.54, 1.807) is 19.5 Å². The number of nitrogens with zero attached hydrogens (tertiary/aromatic N) is 5. The van der Waals surface area contributed by atoms with Crippen molar-refractivity contribution in [3.8, 4) is 5.75 Å². The molecule has 3 N–H and O–H groups in total. The molecule has 0 spiro atoms. The third-order valence-electron chi connectivity index (χ3n) is 6.44. The highest BCUT2D eigenvalue weighted by molar-refractivity contribution is 9.10. The fraction of sp³-hybridized carbons (Fsp3) is 0.320. The Labute approximate surface area is 213 Å². The second-order valence-corrected chi connectivity index (χ2v) is 9.73. The zero-order valence-corrected chi connectivity index (χ0v) is 21.6. The molecule has 0 radical (unpaired) electrons. The number of rotatable bonds is 7. The van der Waals surface area contributed by atoms with Crippen LogP contribution in [-0.4, -0.2) is 65.4 Å². The predicted molar refractivity (Wildman–Crippen MR) is 144 cm³/mol. The zero-order chi connectivity index (χ0) is 24.4. The molecule has 5 rings (SSSR count). The Hall–Kier alpha value is -3.37. The lowest BCUT2D eigenvalue weighted by molar-refractivity contribution is 0.249. The molecule has 4 aromatic rings. The number of aromatic nitrogens is 4. The van der Waals surface area contributed by atoms with E-state index in [2.05, 4.69) is 82.8 Å². The van der Waals surface area contributed by atoms with Gasteiger partial charge in [0.25, 0.3) is 0 Å². The number of halogens is 1. The molecule has 10 heteroatoms. The van der Waals surface area contributed by atoms with Crippen molar-refractivity contribution in [1.29, 1.82) is 0 Å². The fourth-order valence-corrected chi connectivity index (χ4v) is 4.70. The van der Waals surface area contributed by atoms with E-state index in [-0.39, 0.29) is 0 Å². The van der Waals surface area contributed by atoms with Gasteiger partial charge in [0.15, 0.2) is 0 Å². The Morgan fingerprint density at radius 2 is 1.91 bits per heavy atom. The van der Waals surface area contributed by atoms with E-state index in [1.807, 2.05) is 24.3 Å². The van der Waals surface area contributed by atoms with E-state index >= 15 is 0 Å². The Bertz CT molecular complexity index is 1320. The Morgan fingerprint density at radius 1 is 1.09 bits per heavy atom. The van der Waals surface area contributed by atoms with Gasteiger partial charge in [-0.2, -0.15) is 10.1 Å². The SMILES string of the molecule is COc1cc(N2CCC(N(C)C)CC2)ccc1Nc1ncc(Br)c(Nc2ccc3[nH]ncc3c2)n1. The van der Waals surface area contributed by atoms with Crippen molar-refractivity contribution in [2.75, 3.05) is 49.8 Å². The Morgan fingerprint density at radius 3 is 2.69 bits per heavy atom. The minimum absolute atomic E-state index is 0.470. The molecule has 0 atom stereocenters. The van der Waals surface area contributed by atoms with Gasteiger partial charge in [0.2, 0.25) is 5.95 Å². The van der Waals surface area contributed by atoms with Crippen LogP contribution < -0.4 is 20.3 Å². The van der Waals surface area contributed by atoms with Gasteiger partial charge >= 0.3 is 0 Å². The monoisotopic (exact) mass is 536 g/mol. The summed E-state index contributed by atoms with van der Waals surface area (Å²) in [5.74, 6) is 1.88. The first kappa shape index (κ1) is 23.4. The molecule has 3 heterocycles. The quantitative estimate of drug-likeness (QED) is 0.299. The van der Waals surface area contributed by atoms with Crippen LogP contribution in [0.2, 0.25) is 0 Å². The largest absolute Gasteiger partial charge is 0.494 e. The Balaban J connectivity index is 1.32. The number of ether oxygens (including phenoxy) is 1. The van der Waals surface area contributed by atoms with Crippen LogP contribution in [-0.2, 0) is 0 Å². The molecule has 0 saturated carbocycles. The molecule has 1 aliphatic heterocycles. The number of aromatic amines is 1. The maximum absolute atomic E-state index is 5.70. The molecule has 1 aliphatic rings. The van der Waals surface area contributed by atoms with Crippen LogP contribution in [0.4, 0.5) is 28.8 Å².